The molecule has 1 heterocycles. The Balaban J connectivity index is 2.16. The largest absolute Gasteiger partial charge is 0.374 e. The third-order valence-electron chi connectivity index (χ3n) is 4.88. The predicted octanol–water partition coefficient (Wildman–Crippen LogP) is 3.29. The first kappa shape index (κ1) is 16.0. The number of rotatable bonds is 7. The zero-order chi connectivity index (χ0) is 15.7. The molecule has 1 aliphatic rings. The summed E-state index contributed by atoms with van der Waals surface area (Å²) in [7, 11) is 0. The molecule has 1 fully saturated rings. The maximum atomic E-state index is 5.43. The van der Waals surface area contributed by atoms with Crippen molar-refractivity contribution in [1.29, 1.82) is 0 Å². The molecule has 0 aromatic carbocycles. The number of hydrogen-bond acceptors (Lipinski definition) is 5. The molecular weight excluding hydrogens is 264 g/mol. The molecule has 0 aliphatic heterocycles. The van der Waals surface area contributed by atoms with Gasteiger partial charge in [0, 0.05) is 25.3 Å². The van der Waals surface area contributed by atoms with Gasteiger partial charge < -0.3 is 15.4 Å². The lowest BCUT2D eigenvalue weighted by Gasteiger charge is -2.12. The van der Waals surface area contributed by atoms with Gasteiger partial charge in [0.05, 0.1) is 0 Å². The van der Waals surface area contributed by atoms with Gasteiger partial charge in [-0.3, -0.25) is 0 Å². The number of nitrogens with zero attached hydrogens (tertiary/aromatic N) is 2. The van der Waals surface area contributed by atoms with Gasteiger partial charge in [0.15, 0.2) is 5.82 Å². The Labute approximate surface area is 127 Å². The lowest BCUT2D eigenvalue weighted by atomic mass is 10.0. The second-order valence-electron chi connectivity index (χ2n) is 6.74. The van der Waals surface area contributed by atoms with Crippen LogP contribution in [0.1, 0.15) is 47.4 Å². The van der Waals surface area contributed by atoms with Gasteiger partial charge >= 0.3 is 0 Å². The van der Waals surface area contributed by atoms with Gasteiger partial charge in [0.25, 0.3) is 0 Å². The Morgan fingerprint density at radius 1 is 1.10 bits per heavy atom. The van der Waals surface area contributed by atoms with Gasteiger partial charge in [0.2, 0.25) is 0 Å². The van der Waals surface area contributed by atoms with E-state index in [1.807, 2.05) is 13.0 Å². The summed E-state index contributed by atoms with van der Waals surface area (Å²) in [5.41, 5.74) is 0.548. The highest BCUT2D eigenvalue weighted by molar-refractivity contribution is 5.50. The molecule has 0 spiro atoms. The van der Waals surface area contributed by atoms with E-state index in [4.69, 9.17) is 4.74 Å². The maximum Gasteiger partial charge on any atom is 0.158 e. The standard InChI is InChI=1S/C16H28N4O/c1-7-17-11-9-12(19-13(18-11)10-21-8-2)20-14-15(3,4)16(14,5)6/h9,14H,7-8,10H2,1-6H3,(H2,17,18,19,20). The number of hydrogen-bond donors (Lipinski definition) is 2. The first-order chi connectivity index (χ1) is 9.82. The molecule has 1 aliphatic carbocycles. The Kier molecular flexibility index (Phi) is 4.42. The summed E-state index contributed by atoms with van der Waals surface area (Å²) in [6, 6.07) is 2.40. The van der Waals surface area contributed by atoms with Crippen molar-refractivity contribution in [3.05, 3.63) is 11.9 Å². The fourth-order valence-corrected chi connectivity index (χ4v) is 2.81. The average Bonchev–Trinajstić information content (AvgIpc) is 2.79. The summed E-state index contributed by atoms with van der Waals surface area (Å²) in [5.74, 6) is 2.44. The summed E-state index contributed by atoms with van der Waals surface area (Å²) in [6.45, 7) is 15.1. The summed E-state index contributed by atoms with van der Waals surface area (Å²) in [6.07, 6.45) is 0. The SMILES string of the molecule is CCNc1cc(NC2C(C)(C)C2(C)C)nc(COCC)n1. The van der Waals surface area contributed by atoms with E-state index in [-0.39, 0.29) is 10.8 Å². The highest BCUT2D eigenvalue weighted by Crippen LogP contribution is 2.63. The molecule has 1 aromatic rings. The number of anilines is 2. The van der Waals surface area contributed by atoms with Crippen LogP contribution < -0.4 is 10.6 Å². The van der Waals surface area contributed by atoms with Crippen molar-refractivity contribution in [1.82, 2.24) is 9.97 Å². The lowest BCUT2D eigenvalue weighted by Crippen LogP contribution is -2.14. The van der Waals surface area contributed by atoms with Crippen LogP contribution in [-0.4, -0.2) is 29.2 Å². The van der Waals surface area contributed by atoms with Crippen molar-refractivity contribution >= 4 is 11.6 Å². The van der Waals surface area contributed by atoms with E-state index in [2.05, 4.69) is 55.2 Å². The molecule has 0 radical (unpaired) electrons. The van der Waals surface area contributed by atoms with Crippen LogP contribution in [0, 0.1) is 10.8 Å². The summed E-state index contributed by atoms with van der Waals surface area (Å²) < 4.78 is 5.43. The van der Waals surface area contributed by atoms with Crippen LogP contribution >= 0.6 is 0 Å². The second kappa shape index (κ2) is 5.79. The van der Waals surface area contributed by atoms with Crippen LogP contribution in [0.15, 0.2) is 6.07 Å². The van der Waals surface area contributed by atoms with Crippen LogP contribution in [0.5, 0.6) is 0 Å². The fraction of sp³-hybridized carbons (Fsp3) is 0.750. The van der Waals surface area contributed by atoms with Gasteiger partial charge in [-0.1, -0.05) is 27.7 Å². The van der Waals surface area contributed by atoms with E-state index in [0.29, 0.717) is 25.1 Å². The molecular formula is C16H28N4O. The van der Waals surface area contributed by atoms with E-state index in [1.54, 1.807) is 0 Å². The Morgan fingerprint density at radius 3 is 2.24 bits per heavy atom. The van der Waals surface area contributed by atoms with Crippen LogP contribution in [0.4, 0.5) is 11.6 Å². The number of aromatic nitrogens is 2. The Bertz CT molecular complexity index is 485. The number of nitrogens with one attached hydrogen (secondary N) is 2. The molecule has 0 atom stereocenters. The van der Waals surface area contributed by atoms with E-state index >= 15 is 0 Å². The van der Waals surface area contributed by atoms with Crippen molar-refractivity contribution in [2.45, 2.75) is 54.2 Å². The normalized spacial score (nSPS) is 19.3. The summed E-state index contributed by atoms with van der Waals surface area (Å²) in [5, 5.41) is 6.82. The molecule has 118 valence electrons. The minimum Gasteiger partial charge on any atom is -0.374 e. The van der Waals surface area contributed by atoms with Gasteiger partial charge in [-0.25, -0.2) is 9.97 Å². The molecule has 0 amide bonds. The van der Waals surface area contributed by atoms with Crippen molar-refractivity contribution < 1.29 is 4.74 Å². The summed E-state index contributed by atoms with van der Waals surface area (Å²) in [4.78, 5) is 9.05. The topological polar surface area (TPSA) is 59.1 Å². The Hall–Kier alpha value is -1.36. The van der Waals surface area contributed by atoms with Gasteiger partial charge in [-0.2, -0.15) is 0 Å². The van der Waals surface area contributed by atoms with E-state index in [0.717, 1.165) is 18.2 Å². The third-order valence-corrected chi connectivity index (χ3v) is 4.88. The average molecular weight is 292 g/mol. The molecule has 2 rings (SSSR count). The van der Waals surface area contributed by atoms with Gasteiger partial charge in [-0.05, 0) is 24.7 Å². The molecule has 0 unspecified atom stereocenters. The maximum absolute atomic E-state index is 5.43. The van der Waals surface area contributed by atoms with E-state index in [1.165, 1.54) is 0 Å². The van der Waals surface area contributed by atoms with Crippen LogP contribution in [0.3, 0.4) is 0 Å². The first-order valence-electron chi connectivity index (χ1n) is 7.79. The lowest BCUT2D eigenvalue weighted by molar-refractivity contribution is 0.128. The molecule has 0 saturated heterocycles. The first-order valence-corrected chi connectivity index (χ1v) is 7.79. The minimum absolute atomic E-state index is 0.274. The molecule has 0 bridgehead atoms. The fourth-order valence-electron chi connectivity index (χ4n) is 2.81. The molecule has 1 aromatic heterocycles. The zero-order valence-corrected chi connectivity index (χ0v) is 14.1. The second-order valence-corrected chi connectivity index (χ2v) is 6.74. The van der Waals surface area contributed by atoms with Crippen molar-refractivity contribution in [3.63, 3.8) is 0 Å². The van der Waals surface area contributed by atoms with Crippen LogP contribution in [0.25, 0.3) is 0 Å². The minimum atomic E-state index is 0.274. The quantitative estimate of drug-likeness (QED) is 0.807. The van der Waals surface area contributed by atoms with Crippen molar-refractivity contribution in [2.75, 3.05) is 23.8 Å². The van der Waals surface area contributed by atoms with Crippen LogP contribution in [-0.2, 0) is 11.3 Å². The third kappa shape index (κ3) is 3.12. The molecule has 5 nitrogen and oxygen atoms in total. The predicted molar refractivity (Wildman–Crippen MR) is 86.5 cm³/mol. The monoisotopic (exact) mass is 292 g/mol. The smallest absolute Gasteiger partial charge is 0.158 e. The van der Waals surface area contributed by atoms with E-state index in [9.17, 15) is 0 Å². The van der Waals surface area contributed by atoms with Crippen molar-refractivity contribution in [3.8, 4) is 0 Å². The van der Waals surface area contributed by atoms with Gasteiger partial charge in [0.1, 0.15) is 18.2 Å². The van der Waals surface area contributed by atoms with Crippen LogP contribution in [0.2, 0.25) is 0 Å². The number of ether oxygens (including phenoxy) is 1. The van der Waals surface area contributed by atoms with E-state index < -0.39 is 0 Å². The Morgan fingerprint density at radius 2 is 1.71 bits per heavy atom. The van der Waals surface area contributed by atoms with Gasteiger partial charge in [-0.15, -0.1) is 0 Å². The molecule has 5 heteroatoms. The highest BCUT2D eigenvalue weighted by Gasteiger charge is 2.65. The molecule has 2 N–H and O–H groups in total. The molecule has 1 saturated carbocycles. The summed E-state index contributed by atoms with van der Waals surface area (Å²) >= 11 is 0. The highest BCUT2D eigenvalue weighted by atomic mass is 16.5. The molecule has 21 heavy (non-hydrogen) atoms. The van der Waals surface area contributed by atoms with Crippen molar-refractivity contribution in [2.24, 2.45) is 10.8 Å². The zero-order valence-electron chi connectivity index (χ0n) is 14.1.